The highest BCUT2D eigenvalue weighted by Gasteiger charge is 2.77. The van der Waals surface area contributed by atoms with Crippen molar-refractivity contribution in [3.8, 4) is 0 Å². The SMILES string of the molecule is C/C=C/C(F)(C(F)(F)F)C(F)(F)C(C)(F)F. The zero-order valence-corrected chi connectivity index (χ0v) is 8.18. The second kappa shape index (κ2) is 3.89. The quantitative estimate of drug-likeness (QED) is 0.526. The summed E-state index contributed by atoms with van der Waals surface area (Å²) in [5.41, 5.74) is -5.40. The maximum atomic E-state index is 13.1. The van der Waals surface area contributed by atoms with Crippen molar-refractivity contribution in [2.24, 2.45) is 0 Å². The van der Waals surface area contributed by atoms with Crippen LogP contribution in [0, 0.1) is 0 Å². The lowest BCUT2D eigenvalue weighted by atomic mass is 9.92. The Labute approximate surface area is 85.9 Å². The largest absolute Gasteiger partial charge is 0.432 e. The van der Waals surface area contributed by atoms with Gasteiger partial charge >= 0.3 is 18.0 Å². The Hall–Kier alpha value is -0.820. The summed E-state index contributed by atoms with van der Waals surface area (Å²) in [4.78, 5) is 0. The predicted octanol–water partition coefficient (Wildman–Crippen LogP) is 4.12. The second-order valence-corrected chi connectivity index (χ2v) is 3.17. The lowest BCUT2D eigenvalue weighted by Crippen LogP contribution is -2.61. The summed E-state index contributed by atoms with van der Waals surface area (Å²) in [5, 5.41) is 0. The maximum absolute atomic E-state index is 13.1. The maximum Gasteiger partial charge on any atom is 0.432 e. The molecule has 0 aliphatic carbocycles. The average Bonchev–Trinajstić information content (AvgIpc) is 1.99. The fraction of sp³-hybridized carbons (Fsp3) is 0.750. The number of halogens is 8. The molecule has 0 aromatic heterocycles. The Morgan fingerprint density at radius 1 is 0.812 bits per heavy atom. The Bertz CT molecular complexity index is 271. The van der Waals surface area contributed by atoms with Crippen molar-refractivity contribution in [2.45, 2.75) is 37.5 Å². The number of alkyl halides is 8. The first-order chi connectivity index (χ1) is 6.81. The highest BCUT2D eigenvalue weighted by Crippen LogP contribution is 2.52. The van der Waals surface area contributed by atoms with Gasteiger partial charge in [-0.15, -0.1) is 0 Å². The Morgan fingerprint density at radius 2 is 1.19 bits per heavy atom. The van der Waals surface area contributed by atoms with Gasteiger partial charge in [-0.2, -0.15) is 22.0 Å². The Kier molecular flexibility index (Phi) is 3.69. The third-order valence-corrected chi connectivity index (χ3v) is 1.82. The van der Waals surface area contributed by atoms with E-state index < -0.39 is 36.7 Å². The minimum atomic E-state index is -6.14. The van der Waals surface area contributed by atoms with E-state index in [1.807, 2.05) is 0 Å². The molecule has 0 saturated carbocycles. The molecule has 8 heteroatoms. The molecule has 0 spiro atoms. The molecule has 0 N–H and O–H groups in total. The van der Waals surface area contributed by atoms with Gasteiger partial charge in [-0.05, 0) is 13.0 Å². The number of allylic oxidation sites excluding steroid dienone is 2. The molecule has 1 unspecified atom stereocenters. The molecular weight excluding hydrogens is 248 g/mol. The van der Waals surface area contributed by atoms with Gasteiger partial charge in [0.2, 0.25) is 0 Å². The van der Waals surface area contributed by atoms with Crippen LogP contribution in [0.3, 0.4) is 0 Å². The Balaban J connectivity index is 5.74. The molecule has 0 rings (SSSR count). The summed E-state index contributed by atoms with van der Waals surface area (Å²) in [7, 11) is 0. The molecule has 0 nitrogen and oxygen atoms in total. The number of hydrogen-bond donors (Lipinski definition) is 0. The van der Waals surface area contributed by atoms with Crippen molar-refractivity contribution < 1.29 is 35.1 Å². The third kappa shape index (κ3) is 2.15. The summed E-state index contributed by atoms with van der Waals surface area (Å²) >= 11 is 0. The molecule has 0 aliphatic rings. The van der Waals surface area contributed by atoms with Gasteiger partial charge in [0, 0.05) is 6.92 Å². The van der Waals surface area contributed by atoms with Crippen LogP contribution in [0.2, 0.25) is 0 Å². The van der Waals surface area contributed by atoms with Crippen LogP contribution in [-0.2, 0) is 0 Å². The van der Waals surface area contributed by atoms with Gasteiger partial charge < -0.3 is 0 Å². The first-order valence-electron chi connectivity index (χ1n) is 3.96. The van der Waals surface area contributed by atoms with Crippen molar-refractivity contribution >= 4 is 0 Å². The van der Waals surface area contributed by atoms with Crippen LogP contribution >= 0.6 is 0 Å². The van der Waals surface area contributed by atoms with Gasteiger partial charge in [0.25, 0.3) is 5.67 Å². The van der Waals surface area contributed by atoms with Crippen molar-refractivity contribution in [3.05, 3.63) is 12.2 Å². The first-order valence-corrected chi connectivity index (χ1v) is 3.96. The van der Waals surface area contributed by atoms with Crippen LogP contribution in [0.25, 0.3) is 0 Å². The van der Waals surface area contributed by atoms with E-state index in [1.54, 1.807) is 0 Å². The highest BCUT2D eigenvalue weighted by atomic mass is 19.4. The molecule has 0 radical (unpaired) electrons. The molecule has 0 heterocycles. The molecule has 0 aromatic rings. The standard InChI is InChI=1S/C8H8F8/c1-3-4-6(11,8(14,15)16)7(12,13)5(2,9)10/h3-4H,1-2H3/b4-3+. The van der Waals surface area contributed by atoms with E-state index in [-0.39, 0.29) is 0 Å². The van der Waals surface area contributed by atoms with Crippen molar-refractivity contribution in [1.29, 1.82) is 0 Å². The van der Waals surface area contributed by atoms with Crippen LogP contribution in [-0.4, -0.2) is 23.7 Å². The second-order valence-electron chi connectivity index (χ2n) is 3.17. The van der Waals surface area contributed by atoms with Gasteiger partial charge in [-0.3, -0.25) is 0 Å². The molecule has 0 amide bonds. The normalized spacial score (nSPS) is 18.9. The summed E-state index contributed by atoms with van der Waals surface area (Å²) in [6.45, 7) is 0.334. The smallest absolute Gasteiger partial charge is 0.222 e. The lowest BCUT2D eigenvalue weighted by molar-refractivity contribution is -0.332. The van der Waals surface area contributed by atoms with E-state index in [2.05, 4.69) is 0 Å². The Morgan fingerprint density at radius 3 is 1.38 bits per heavy atom. The summed E-state index contributed by atoms with van der Waals surface area (Å²) < 4.78 is 99.5. The molecule has 16 heavy (non-hydrogen) atoms. The summed E-state index contributed by atoms with van der Waals surface area (Å²) in [6, 6.07) is 0. The highest BCUT2D eigenvalue weighted by molar-refractivity contribution is 5.16. The van der Waals surface area contributed by atoms with Crippen LogP contribution < -0.4 is 0 Å². The van der Waals surface area contributed by atoms with E-state index in [1.165, 1.54) is 0 Å². The van der Waals surface area contributed by atoms with Crippen LogP contribution in [0.1, 0.15) is 13.8 Å². The summed E-state index contributed by atoms with van der Waals surface area (Å²) in [5.74, 6) is -11.0. The molecule has 96 valence electrons. The van der Waals surface area contributed by atoms with Gasteiger partial charge in [-0.1, -0.05) is 6.08 Å². The van der Waals surface area contributed by atoms with Crippen molar-refractivity contribution in [3.63, 3.8) is 0 Å². The summed E-state index contributed by atoms with van der Waals surface area (Å²) in [6.07, 6.45) is -6.46. The number of rotatable bonds is 3. The zero-order valence-electron chi connectivity index (χ0n) is 8.18. The third-order valence-electron chi connectivity index (χ3n) is 1.82. The van der Waals surface area contributed by atoms with E-state index in [9.17, 15) is 35.1 Å². The lowest BCUT2D eigenvalue weighted by Gasteiger charge is -2.35. The minimum Gasteiger partial charge on any atom is -0.222 e. The monoisotopic (exact) mass is 256 g/mol. The van der Waals surface area contributed by atoms with Crippen LogP contribution in [0.5, 0.6) is 0 Å². The molecule has 0 bridgehead atoms. The fourth-order valence-electron chi connectivity index (χ4n) is 0.926. The molecule has 0 aliphatic heterocycles. The molecule has 0 saturated heterocycles. The van der Waals surface area contributed by atoms with Gasteiger partial charge in [0.15, 0.2) is 0 Å². The van der Waals surface area contributed by atoms with Gasteiger partial charge in [-0.25, -0.2) is 13.2 Å². The van der Waals surface area contributed by atoms with Gasteiger partial charge in [0.05, 0.1) is 0 Å². The van der Waals surface area contributed by atoms with E-state index in [0.717, 1.165) is 6.92 Å². The fourth-order valence-corrected chi connectivity index (χ4v) is 0.926. The van der Waals surface area contributed by atoms with E-state index in [0.29, 0.717) is 6.08 Å². The topological polar surface area (TPSA) is 0 Å². The van der Waals surface area contributed by atoms with Crippen molar-refractivity contribution in [2.75, 3.05) is 0 Å². The number of hydrogen-bond acceptors (Lipinski definition) is 0. The average molecular weight is 256 g/mol. The van der Waals surface area contributed by atoms with Crippen molar-refractivity contribution in [1.82, 2.24) is 0 Å². The van der Waals surface area contributed by atoms with Crippen LogP contribution in [0.15, 0.2) is 12.2 Å². The molecule has 0 fully saturated rings. The molecule has 1 atom stereocenters. The van der Waals surface area contributed by atoms with E-state index in [4.69, 9.17) is 0 Å². The van der Waals surface area contributed by atoms with Crippen LogP contribution in [0.4, 0.5) is 35.1 Å². The van der Waals surface area contributed by atoms with Gasteiger partial charge in [0.1, 0.15) is 0 Å². The molecular formula is C8H8F8. The molecule has 0 aromatic carbocycles. The minimum absolute atomic E-state index is 0.299. The first kappa shape index (κ1) is 15.2. The zero-order chi connectivity index (χ0) is 13.4. The van der Waals surface area contributed by atoms with E-state index >= 15 is 0 Å². The predicted molar refractivity (Wildman–Crippen MR) is 40.3 cm³/mol.